The monoisotopic (exact) mass is 357 g/mol. The van der Waals surface area contributed by atoms with Gasteiger partial charge < -0.3 is 9.84 Å². The lowest BCUT2D eigenvalue weighted by atomic mass is 10.3. The topological polar surface area (TPSA) is 75.6 Å². The summed E-state index contributed by atoms with van der Waals surface area (Å²) in [5.74, 6) is 0.0283. The number of sulfonamides is 1. The number of ether oxygens (including phenoxy) is 1. The average Bonchev–Trinajstić information content (AvgIpc) is 2.41. The fourth-order valence-electron chi connectivity index (χ4n) is 1.64. The Balaban J connectivity index is 2.47. The van der Waals surface area contributed by atoms with Gasteiger partial charge in [-0.05, 0) is 40.2 Å². The Kier molecular flexibility index (Phi) is 4.20. The van der Waals surface area contributed by atoms with E-state index in [9.17, 15) is 13.5 Å². The van der Waals surface area contributed by atoms with Crippen molar-refractivity contribution in [3.63, 3.8) is 0 Å². The maximum absolute atomic E-state index is 12.3. The van der Waals surface area contributed by atoms with Crippen molar-refractivity contribution in [1.82, 2.24) is 0 Å². The van der Waals surface area contributed by atoms with E-state index in [-0.39, 0.29) is 22.1 Å². The predicted molar refractivity (Wildman–Crippen MR) is 79.6 cm³/mol. The van der Waals surface area contributed by atoms with Gasteiger partial charge in [0, 0.05) is 4.47 Å². The highest BCUT2D eigenvalue weighted by Crippen LogP contribution is 2.35. The van der Waals surface area contributed by atoms with Crippen LogP contribution in [-0.2, 0) is 10.0 Å². The molecule has 2 rings (SSSR count). The summed E-state index contributed by atoms with van der Waals surface area (Å²) in [6.45, 7) is 0. The second kappa shape index (κ2) is 5.72. The molecule has 0 spiro atoms. The Bertz CT molecular complexity index is 731. The second-order valence-electron chi connectivity index (χ2n) is 3.89. The first-order valence-electron chi connectivity index (χ1n) is 5.59. The zero-order valence-corrected chi connectivity index (χ0v) is 12.9. The zero-order chi connectivity index (χ0) is 14.8. The number of phenolic OH excluding ortho intramolecular Hbond substituents is 1. The fourth-order valence-corrected chi connectivity index (χ4v) is 3.73. The number of rotatable bonds is 4. The first-order valence-corrected chi connectivity index (χ1v) is 7.86. The van der Waals surface area contributed by atoms with Gasteiger partial charge in [-0.2, -0.15) is 0 Å². The van der Waals surface area contributed by atoms with Crippen LogP contribution in [0.3, 0.4) is 0 Å². The van der Waals surface area contributed by atoms with Crippen molar-refractivity contribution in [3.8, 4) is 11.5 Å². The highest BCUT2D eigenvalue weighted by molar-refractivity contribution is 9.10. The van der Waals surface area contributed by atoms with Crippen LogP contribution in [0.1, 0.15) is 0 Å². The molecule has 0 bridgehead atoms. The minimum absolute atomic E-state index is 0.00533. The number of hydrogen-bond donors (Lipinski definition) is 2. The summed E-state index contributed by atoms with van der Waals surface area (Å²) < 4.78 is 32.5. The maximum atomic E-state index is 12.3. The van der Waals surface area contributed by atoms with E-state index in [1.807, 2.05) is 0 Å². The molecule has 0 atom stereocenters. The highest BCUT2D eigenvalue weighted by Gasteiger charge is 2.21. The van der Waals surface area contributed by atoms with Crippen LogP contribution in [0.25, 0.3) is 0 Å². The van der Waals surface area contributed by atoms with Crippen molar-refractivity contribution in [3.05, 3.63) is 46.9 Å². The number of phenols is 1. The third-order valence-corrected chi connectivity index (χ3v) is 4.95. The molecular weight excluding hydrogens is 346 g/mol. The minimum atomic E-state index is -3.84. The first kappa shape index (κ1) is 14.7. The third kappa shape index (κ3) is 2.88. The van der Waals surface area contributed by atoms with E-state index in [1.165, 1.54) is 19.2 Å². The third-order valence-electron chi connectivity index (χ3n) is 2.59. The van der Waals surface area contributed by atoms with Gasteiger partial charge in [0.1, 0.15) is 22.1 Å². The molecule has 0 aliphatic carbocycles. The average molecular weight is 358 g/mol. The van der Waals surface area contributed by atoms with Crippen LogP contribution in [0.4, 0.5) is 5.69 Å². The van der Waals surface area contributed by atoms with Gasteiger partial charge in [-0.15, -0.1) is 0 Å². The molecule has 0 heterocycles. The lowest BCUT2D eigenvalue weighted by Gasteiger charge is -2.13. The van der Waals surface area contributed by atoms with Crippen LogP contribution in [0.15, 0.2) is 51.8 Å². The molecule has 0 aliphatic rings. The van der Waals surface area contributed by atoms with Gasteiger partial charge in [0.15, 0.2) is 0 Å². The molecular formula is C13H12BrNO4S. The Morgan fingerprint density at radius 3 is 2.50 bits per heavy atom. The number of benzene rings is 2. The van der Waals surface area contributed by atoms with Gasteiger partial charge in [0.05, 0.1) is 7.11 Å². The molecule has 0 aliphatic heterocycles. The van der Waals surface area contributed by atoms with Crippen LogP contribution >= 0.6 is 15.9 Å². The van der Waals surface area contributed by atoms with E-state index in [1.54, 1.807) is 30.3 Å². The summed E-state index contributed by atoms with van der Waals surface area (Å²) in [5, 5.41) is 9.78. The number of anilines is 1. The summed E-state index contributed by atoms with van der Waals surface area (Å²) in [6.07, 6.45) is 0. The Morgan fingerprint density at radius 2 is 1.85 bits per heavy atom. The molecule has 2 N–H and O–H groups in total. The molecule has 2 aromatic carbocycles. The summed E-state index contributed by atoms with van der Waals surface area (Å²) in [5.41, 5.74) is 0.00533. The van der Waals surface area contributed by atoms with Gasteiger partial charge in [-0.25, -0.2) is 8.42 Å². The van der Waals surface area contributed by atoms with Gasteiger partial charge in [0.25, 0.3) is 10.0 Å². The summed E-state index contributed by atoms with van der Waals surface area (Å²) in [6, 6.07) is 10.9. The van der Waals surface area contributed by atoms with Crippen molar-refractivity contribution in [2.24, 2.45) is 0 Å². The van der Waals surface area contributed by atoms with E-state index in [0.717, 1.165) is 0 Å². The van der Waals surface area contributed by atoms with E-state index < -0.39 is 10.0 Å². The zero-order valence-electron chi connectivity index (χ0n) is 10.5. The van der Waals surface area contributed by atoms with E-state index in [4.69, 9.17) is 4.74 Å². The molecule has 0 amide bonds. The lowest BCUT2D eigenvalue weighted by Crippen LogP contribution is -2.14. The molecule has 0 saturated heterocycles. The van der Waals surface area contributed by atoms with Gasteiger partial charge in [-0.3, -0.25) is 4.72 Å². The minimum Gasteiger partial charge on any atom is -0.506 e. The largest absolute Gasteiger partial charge is 0.506 e. The van der Waals surface area contributed by atoms with Gasteiger partial charge in [-0.1, -0.05) is 18.2 Å². The maximum Gasteiger partial charge on any atom is 0.263 e. The van der Waals surface area contributed by atoms with Crippen molar-refractivity contribution >= 4 is 31.6 Å². The first-order chi connectivity index (χ1) is 9.45. The molecule has 20 heavy (non-hydrogen) atoms. The van der Waals surface area contributed by atoms with E-state index in [0.29, 0.717) is 4.47 Å². The van der Waals surface area contributed by atoms with Crippen LogP contribution in [0, 0.1) is 0 Å². The number of methoxy groups -OCH3 is 1. The van der Waals surface area contributed by atoms with Crippen molar-refractivity contribution in [2.75, 3.05) is 11.8 Å². The van der Waals surface area contributed by atoms with Crippen LogP contribution in [0.5, 0.6) is 11.5 Å². The lowest BCUT2D eigenvalue weighted by molar-refractivity contribution is 0.411. The van der Waals surface area contributed by atoms with Crippen LogP contribution in [-0.4, -0.2) is 20.6 Å². The Labute approximate surface area is 125 Å². The number of hydrogen-bond acceptors (Lipinski definition) is 4. The SMILES string of the molecule is COc1cccc(O)c1NS(=O)(=O)c1ccccc1Br. The quantitative estimate of drug-likeness (QED) is 0.824. The normalized spacial score (nSPS) is 11.1. The van der Waals surface area contributed by atoms with Crippen molar-refractivity contribution < 1.29 is 18.3 Å². The molecule has 7 heteroatoms. The van der Waals surface area contributed by atoms with Gasteiger partial charge >= 0.3 is 0 Å². The highest BCUT2D eigenvalue weighted by atomic mass is 79.9. The molecule has 0 fully saturated rings. The number of para-hydroxylation sites is 1. The Morgan fingerprint density at radius 1 is 1.15 bits per heavy atom. The van der Waals surface area contributed by atoms with Crippen molar-refractivity contribution in [2.45, 2.75) is 4.90 Å². The van der Waals surface area contributed by atoms with Crippen molar-refractivity contribution in [1.29, 1.82) is 0 Å². The molecule has 0 aromatic heterocycles. The molecule has 0 unspecified atom stereocenters. The number of nitrogens with one attached hydrogen (secondary N) is 1. The van der Waals surface area contributed by atoms with E-state index in [2.05, 4.69) is 20.7 Å². The van der Waals surface area contributed by atoms with Crippen LogP contribution in [0.2, 0.25) is 0 Å². The number of aromatic hydroxyl groups is 1. The Hall–Kier alpha value is -1.73. The molecule has 5 nitrogen and oxygen atoms in total. The standard InChI is InChI=1S/C13H12BrNO4S/c1-19-11-7-4-6-10(16)13(11)15-20(17,18)12-8-3-2-5-9(12)14/h2-8,15-16H,1H3. The molecule has 2 aromatic rings. The second-order valence-corrected chi connectivity index (χ2v) is 6.40. The van der Waals surface area contributed by atoms with Crippen LogP contribution < -0.4 is 9.46 Å². The number of halogens is 1. The molecule has 0 saturated carbocycles. The fraction of sp³-hybridized carbons (Fsp3) is 0.0769. The summed E-state index contributed by atoms with van der Waals surface area (Å²) >= 11 is 3.19. The molecule has 0 radical (unpaired) electrons. The summed E-state index contributed by atoms with van der Waals surface area (Å²) in [7, 11) is -2.44. The summed E-state index contributed by atoms with van der Waals surface area (Å²) in [4.78, 5) is 0.0744. The molecule has 106 valence electrons. The van der Waals surface area contributed by atoms with E-state index >= 15 is 0 Å². The smallest absolute Gasteiger partial charge is 0.263 e. The predicted octanol–water partition coefficient (Wildman–Crippen LogP) is 2.96. The van der Waals surface area contributed by atoms with Gasteiger partial charge in [0.2, 0.25) is 0 Å².